The summed E-state index contributed by atoms with van der Waals surface area (Å²) >= 11 is 0. The molecule has 22 heavy (non-hydrogen) atoms. The molecule has 0 saturated heterocycles. The van der Waals surface area contributed by atoms with Gasteiger partial charge in [0.2, 0.25) is 0 Å². The van der Waals surface area contributed by atoms with Crippen LogP contribution in [0.4, 0.5) is 5.69 Å². The molecule has 0 saturated carbocycles. The molecular formula is C17H21N3O2. The van der Waals surface area contributed by atoms with Gasteiger partial charge in [0.25, 0.3) is 5.91 Å². The monoisotopic (exact) mass is 299 g/mol. The van der Waals surface area contributed by atoms with Gasteiger partial charge in [-0.3, -0.25) is 4.79 Å². The normalized spacial score (nSPS) is 10.4. The van der Waals surface area contributed by atoms with Crippen molar-refractivity contribution < 1.29 is 9.53 Å². The molecule has 0 radical (unpaired) electrons. The lowest BCUT2D eigenvalue weighted by molar-refractivity contribution is 0.102. The van der Waals surface area contributed by atoms with Crippen molar-refractivity contribution in [3.05, 3.63) is 46.3 Å². The van der Waals surface area contributed by atoms with Crippen molar-refractivity contribution in [1.82, 2.24) is 9.97 Å². The van der Waals surface area contributed by atoms with E-state index in [0.29, 0.717) is 35.3 Å². The second-order valence-corrected chi connectivity index (χ2v) is 5.26. The second kappa shape index (κ2) is 6.56. The van der Waals surface area contributed by atoms with Crippen LogP contribution in [0.25, 0.3) is 0 Å². The number of hydrogen-bond donors (Lipinski definition) is 1. The molecule has 2 aromatic rings. The number of nitrogens with one attached hydrogen (secondary N) is 1. The molecule has 0 aliphatic rings. The van der Waals surface area contributed by atoms with Gasteiger partial charge in [-0.2, -0.15) is 9.97 Å². The molecule has 2 rings (SSSR count). The Morgan fingerprint density at radius 3 is 2.32 bits per heavy atom. The highest BCUT2D eigenvalue weighted by atomic mass is 16.5. The molecule has 0 aliphatic heterocycles. The molecule has 5 nitrogen and oxygen atoms in total. The van der Waals surface area contributed by atoms with Crippen LogP contribution in [0, 0.1) is 27.7 Å². The van der Waals surface area contributed by atoms with E-state index in [1.807, 2.05) is 52.8 Å². The topological polar surface area (TPSA) is 64.1 Å². The first-order valence-corrected chi connectivity index (χ1v) is 7.29. The molecule has 1 aromatic carbocycles. The van der Waals surface area contributed by atoms with Gasteiger partial charge in [0.1, 0.15) is 0 Å². The van der Waals surface area contributed by atoms with Crippen molar-refractivity contribution in [3.8, 4) is 6.01 Å². The average Bonchev–Trinajstić information content (AvgIpc) is 2.43. The first-order chi connectivity index (χ1) is 10.4. The minimum Gasteiger partial charge on any atom is -0.464 e. The lowest BCUT2D eigenvalue weighted by Crippen LogP contribution is -2.16. The van der Waals surface area contributed by atoms with Crippen molar-refractivity contribution in [3.63, 3.8) is 0 Å². The third kappa shape index (κ3) is 3.42. The molecule has 1 heterocycles. The third-order valence-corrected chi connectivity index (χ3v) is 3.39. The van der Waals surface area contributed by atoms with Crippen molar-refractivity contribution >= 4 is 11.6 Å². The largest absolute Gasteiger partial charge is 0.464 e. The Bertz CT molecular complexity index is 688. The summed E-state index contributed by atoms with van der Waals surface area (Å²) in [6, 6.07) is 6.08. The van der Waals surface area contributed by atoms with Gasteiger partial charge in [-0.25, -0.2) is 0 Å². The highest BCUT2D eigenvalue weighted by Crippen LogP contribution is 2.21. The molecule has 0 unspecified atom stereocenters. The summed E-state index contributed by atoms with van der Waals surface area (Å²) in [4.78, 5) is 21.0. The second-order valence-electron chi connectivity index (χ2n) is 5.26. The van der Waals surface area contributed by atoms with Gasteiger partial charge in [-0.05, 0) is 46.2 Å². The fourth-order valence-electron chi connectivity index (χ4n) is 2.31. The molecule has 1 aromatic heterocycles. The summed E-state index contributed by atoms with van der Waals surface area (Å²) in [6.07, 6.45) is 0. The third-order valence-electron chi connectivity index (χ3n) is 3.39. The quantitative estimate of drug-likeness (QED) is 0.940. The fourth-order valence-corrected chi connectivity index (χ4v) is 2.31. The molecule has 0 spiro atoms. The first kappa shape index (κ1) is 15.9. The Morgan fingerprint density at radius 2 is 1.77 bits per heavy atom. The molecule has 1 N–H and O–H groups in total. The van der Waals surface area contributed by atoms with Gasteiger partial charge in [-0.1, -0.05) is 17.7 Å². The van der Waals surface area contributed by atoms with E-state index in [-0.39, 0.29) is 5.91 Å². The molecule has 5 heteroatoms. The number of aromatic nitrogens is 2. The van der Waals surface area contributed by atoms with E-state index in [4.69, 9.17) is 4.74 Å². The maximum atomic E-state index is 12.5. The van der Waals surface area contributed by atoms with E-state index in [1.165, 1.54) is 0 Å². The molecule has 0 aliphatic carbocycles. The molecule has 0 atom stereocenters. The number of rotatable bonds is 4. The van der Waals surface area contributed by atoms with Crippen molar-refractivity contribution in [1.29, 1.82) is 0 Å². The van der Waals surface area contributed by atoms with Crippen molar-refractivity contribution in [2.24, 2.45) is 0 Å². The zero-order valence-corrected chi connectivity index (χ0v) is 13.7. The number of hydrogen-bond acceptors (Lipinski definition) is 4. The highest BCUT2D eigenvalue weighted by Gasteiger charge is 2.15. The molecule has 1 amide bonds. The predicted octanol–water partition coefficient (Wildman–Crippen LogP) is 3.36. The Balaban J connectivity index is 2.28. The Morgan fingerprint density at radius 1 is 1.14 bits per heavy atom. The number of anilines is 1. The van der Waals surface area contributed by atoms with Crippen LogP contribution >= 0.6 is 0 Å². The number of aryl methyl sites for hydroxylation is 4. The smallest absolute Gasteiger partial charge is 0.316 e. The summed E-state index contributed by atoms with van der Waals surface area (Å²) in [7, 11) is 0. The standard InChI is InChI=1S/C17H21N3O2/c1-6-22-17-18-12(4)15(13(5)19-17)20-16(21)14-8-7-10(2)9-11(14)3/h7-9H,6H2,1-5H3,(H,20,21). The predicted molar refractivity (Wildman–Crippen MR) is 86.5 cm³/mol. The van der Waals surface area contributed by atoms with E-state index >= 15 is 0 Å². The maximum Gasteiger partial charge on any atom is 0.316 e. The van der Waals surface area contributed by atoms with E-state index in [1.54, 1.807) is 0 Å². The zero-order valence-electron chi connectivity index (χ0n) is 13.7. The van der Waals surface area contributed by atoms with E-state index in [2.05, 4.69) is 15.3 Å². The fraction of sp³-hybridized carbons (Fsp3) is 0.353. The highest BCUT2D eigenvalue weighted by molar-refractivity contribution is 6.05. The van der Waals surface area contributed by atoms with Crippen LogP contribution in [0.15, 0.2) is 18.2 Å². The van der Waals surface area contributed by atoms with Gasteiger partial charge in [0, 0.05) is 5.56 Å². The van der Waals surface area contributed by atoms with Gasteiger partial charge >= 0.3 is 6.01 Å². The number of amides is 1. The summed E-state index contributed by atoms with van der Waals surface area (Å²) in [6.45, 7) is 9.97. The number of ether oxygens (including phenoxy) is 1. The maximum absolute atomic E-state index is 12.5. The Labute approximate surface area is 130 Å². The van der Waals surface area contributed by atoms with Crippen LogP contribution in [0.2, 0.25) is 0 Å². The lowest BCUT2D eigenvalue weighted by Gasteiger charge is -2.13. The van der Waals surface area contributed by atoms with Crippen molar-refractivity contribution in [2.75, 3.05) is 11.9 Å². The van der Waals surface area contributed by atoms with E-state index in [9.17, 15) is 4.79 Å². The van der Waals surface area contributed by atoms with Gasteiger partial charge in [-0.15, -0.1) is 0 Å². The van der Waals surface area contributed by atoms with E-state index in [0.717, 1.165) is 11.1 Å². The Kier molecular flexibility index (Phi) is 4.75. The van der Waals surface area contributed by atoms with Crippen LogP contribution in [0.1, 0.15) is 39.8 Å². The van der Waals surface area contributed by atoms with Crippen LogP contribution < -0.4 is 10.1 Å². The number of carbonyl (C=O) groups is 1. The minimum absolute atomic E-state index is 0.156. The summed E-state index contributed by atoms with van der Waals surface area (Å²) in [5.41, 5.74) is 4.74. The zero-order chi connectivity index (χ0) is 16.3. The summed E-state index contributed by atoms with van der Waals surface area (Å²) < 4.78 is 5.31. The molecule has 116 valence electrons. The van der Waals surface area contributed by atoms with Gasteiger partial charge in [0.15, 0.2) is 0 Å². The first-order valence-electron chi connectivity index (χ1n) is 7.29. The van der Waals surface area contributed by atoms with E-state index < -0.39 is 0 Å². The summed E-state index contributed by atoms with van der Waals surface area (Å²) in [5, 5.41) is 2.90. The lowest BCUT2D eigenvalue weighted by atomic mass is 10.1. The van der Waals surface area contributed by atoms with Crippen molar-refractivity contribution in [2.45, 2.75) is 34.6 Å². The SMILES string of the molecule is CCOc1nc(C)c(NC(=O)c2ccc(C)cc2C)c(C)n1. The molecular weight excluding hydrogens is 278 g/mol. The number of nitrogens with zero attached hydrogens (tertiary/aromatic N) is 2. The van der Waals surface area contributed by atoms with Crippen LogP contribution in [0.5, 0.6) is 6.01 Å². The van der Waals surface area contributed by atoms with Gasteiger partial charge < -0.3 is 10.1 Å². The van der Waals surface area contributed by atoms with Crippen LogP contribution in [-0.2, 0) is 0 Å². The summed E-state index contributed by atoms with van der Waals surface area (Å²) in [5.74, 6) is -0.156. The molecule has 0 fully saturated rings. The number of benzene rings is 1. The number of carbonyl (C=O) groups excluding carboxylic acids is 1. The Hall–Kier alpha value is -2.43. The van der Waals surface area contributed by atoms with Crippen LogP contribution in [0.3, 0.4) is 0 Å². The average molecular weight is 299 g/mol. The minimum atomic E-state index is -0.156. The van der Waals surface area contributed by atoms with Gasteiger partial charge in [0.05, 0.1) is 23.7 Å². The van der Waals surface area contributed by atoms with Crippen LogP contribution in [-0.4, -0.2) is 22.5 Å². The molecule has 0 bridgehead atoms.